The fourth-order valence-corrected chi connectivity index (χ4v) is 1.31. The summed E-state index contributed by atoms with van der Waals surface area (Å²) < 4.78 is 0. The van der Waals surface area contributed by atoms with Gasteiger partial charge in [0.25, 0.3) is 0 Å². The molecule has 0 saturated carbocycles. The second kappa shape index (κ2) is 4.70. The van der Waals surface area contributed by atoms with Crippen molar-refractivity contribution in [2.75, 3.05) is 7.05 Å². The maximum absolute atomic E-state index is 3.99. The van der Waals surface area contributed by atoms with E-state index in [1.165, 1.54) is 5.56 Å². The van der Waals surface area contributed by atoms with Gasteiger partial charge in [0.2, 0.25) is 0 Å². The molecule has 0 aliphatic carbocycles. The first-order valence-corrected chi connectivity index (χ1v) is 4.72. The van der Waals surface area contributed by atoms with Gasteiger partial charge in [-0.25, -0.2) is 0 Å². The second-order valence-corrected chi connectivity index (χ2v) is 3.52. The highest BCUT2D eigenvalue weighted by atomic mass is 14.7. The van der Waals surface area contributed by atoms with Crippen LogP contribution in [0, 0.1) is 0 Å². The second-order valence-electron chi connectivity index (χ2n) is 3.52. The highest BCUT2D eigenvalue weighted by molar-refractivity contribution is 5.87. The molecular formula is C12H16N2. The summed E-state index contributed by atoms with van der Waals surface area (Å²) in [5.74, 6) is 0.517. The molecule has 2 heteroatoms. The summed E-state index contributed by atoms with van der Waals surface area (Å²) in [5.41, 5.74) is 3.20. The van der Waals surface area contributed by atoms with E-state index in [1.54, 1.807) is 13.3 Å². The van der Waals surface area contributed by atoms with Crippen molar-refractivity contribution in [2.45, 2.75) is 19.8 Å². The summed E-state index contributed by atoms with van der Waals surface area (Å²) >= 11 is 0. The number of benzene rings is 1. The van der Waals surface area contributed by atoms with Crippen molar-refractivity contribution >= 4 is 18.6 Å². The van der Waals surface area contributed by atoms with Crippen molar-refractivity contribution < 1.29 is 0 Å². The van der Waals surface area contributed by atoms with Crippen molar-refractivity contribution in [1.29, 1.82) is 0 Å². The van der Waals surface area contributed by atoms with E-state index in [2.05, 4.69) is 42.7 Å². The Hall–Kier alpha value is -1.44. The Morgan fingerprint density at radius 3 is 2.57 bits per heavy atom. The molecule has 1 aromatic rings. The van der Waals surface area contributed by atoms with E-state index in [0.717, 1.165) is 11.3 Å². The molecule has 0 radical (unpaired) electrons. The van der Waals surface area contributed by atoms with Gasteiger partial charge in [-0.1, -0.05) is 26.0 Å². The summed E-state index contributed by atoms with van der Waals surface area (Å²) in [6.45, 7) is 7.89. The number of rotatable bonds is 3. The van der Waals surface area contributed by atoms with Gasteiger partial charge in [-0.2, -0.15) is 0 Å². The lowest BCUT2D eigenvalue weighted by atomic mass is 10.0. The van der Waals surface area contributed by atoms with Gasteiger partial charge in [0, 0.05) is 18.8 Å². The SMILES string of the molecule is C=Nc1cc(C(C)C)ccc1C=NC. The lowest BCUT2D eigenvalue weighted by Crippen LogP contribution is -1.89. The first-order valence-electron chi connectivity index (χ1n) is 4.72. The number of aliphatic imine (C=N–C) groups is 2. The molecule has 1 aromatic carbocycles. The highest BCUT2D eigenvalue weighted by Crippen LogP contribution is 2.23. The minimum atomic E-state index is 0.517. The Morgan fingerprint density at radius 2 is 2.07 bits per heavy atom. The van der Waals surface area contributed by atoms with Crippen LogP contribution in [0.5, 0.6) is 0 Å². The van der Waals surface area contributed by atoms with E-state index >= 15 is 0 Å². The molecule has 0 fully saturated rings. The Balaban J connectivity index is 3.17. The molecule has 0 unspecified atom stereocenters. The van der Waals surface area contributed by atoms with Crippen molar-refractivity contribution in [1.82, 2.24) is 0 Å². The molecule has 0 spiro atoms. The van der Waals surface area contributed by atoms with Crippen LogP contribution in [0.2, 0.25) is 0 Å². The summed E-state index contributed by atoms with van der Waals surface area (Å²) in [5, 5.41) is 0. The third-order valence-corrected chi connectivity index (χ3v) is 2.16. The predicted octanol–water partition coefficient (Wildman–Crippen LogP) is 3.19. The normalized spacial score (nSPS) is 11.1. The third-order valence-electron chi connectivity index (χ3n) is 2.16. The Morgan fingerprint density at radius 1 is 1.36 bits per heavy atom. The maximum Gasteiger partial charge on any atom is 0.0712 e. The highest BCUT2D eigenvalue weighted by Gasteiger charge is 2.03. The Labute approximate surface area is 85.4 Å². The van der Waals surface area contributed by atoms with E-state index in [0.29, 0.717) is 5.92 Å². The zero-order chi connectivity index (χ0) is 10.6. The smallest absolute Gasteiger partial charge is 0.0712 e. The van der Waals surface area contributed by atoms with E-state index < -0.39 is 0 Å². The molecule has 0 bridgehead atoms. The van der Waals surface area contributed by atoms with Crippen LogP contribution in [0.4, 0.5) is 5.69 Å². The van der Waals surface area contributed by atoms with Crippen LogP contribution in [-0.4, -0.2) is 20.0 Å². The lowest BCUT2D eigenvalue weighted by molar-refractivity contribution is 0.867. The molecule has 0 saturated heterocycles. The Kier molecular flexibility index (Phi) is 3.57. The van der Waals surface area contributed by atoms with Gasteiger partial charge in [0.05, 0.1) is 5.69 Å². The van der Waals surface area contributed by atoms with Crippen LogP contribution < -0.4 is 0 Å². The van der Waals surface area contributed by atoms with Crippen molar-refractivity contribution in [3.8, 4) is 0 Å². The average Bonchev–Trinajstić information content (AvgIpc) is 2.18. The maximum atomic E-state index is 3.99. The zero-order valence-electron chi connectivity index (χ0n) is 8.99. The van der Waals surface area contributed by atoms with Gasteiger partial charge in [0.15, 0.2) is 0 Å². The van der Waals surface area contributed by atoms with E-state index in [1.807, 2.05) is 6.07 Å². The summed E-state index contributed by atoms with van der Waals surface area (Å²) in [7, 11) is 1.75. The molecule has 0 heterocycles. The fourth-order valence-electron chi connectivity index (χ4n) is 1.31. The van der Waals surface area contributed by atoms with Gasteiger partial charge in [-0.05, 0) is 24.3 Å². The van der Waals surface area contributed by atoms with Crippen molar-refractivity contribution in [3.63, 3.8) is 0 Å². The lowest BCUT2D eigenvalue weighted by Gasteiger charge is -2.07. The van der Waals surface area contributed by atoms with Crippen LogP contribution in [0.15, 0.2) is 28.2 Å². The average molecular weight is 188 g/mol. The first kappa shape index (κ1) is 10.6. The molecule has 1 rings (SSSR count). The molecule has 74 valence electrons. The quantitative estimate of drug-likeness (QED) is 0.651. The largest absolute Gasteiger partial charge is 0.296 e. The third kappa shape index (κ3) is 2.28. The van der Waals surface area contributed by atoms with E-state index in [4.69, 9.17) is 0 Å². The number of hydrogen-bond acceptors (Lipinski definition) is 2. The summed E-state index contributed by atoms with van der Waals surface area (Å²) in [4.78, 5) is 7.97. The molecule has 0 N–H and O–H groups in total. The first-order chi connectivity index (χ1) is 6.69. The standard InChI is InChI=1S/C12H16N2/c1-9(2)10-5-6-11(8-13-3)12(7-10)14-4/h5-9H,4H2,1-3H3. The molecule has 2 nitrogen and oxygen atoms in total. The Bertz CT molecular complexity index is 351. The molecule has 0 aromatic heterocycles. The number of hydrogen-bond donors (Lipinski definition) is 0. The van der Waals surface area contributed by atoms with Crippen LogP contribution in [0.3, 0.4) is 0 Å². The van der Waals surface area contributed by atoms with Gasteiger partial charge < -0.3 is 0 Å². The predicted molar refractivity (Wildman–Crippen MR) is 63.3 cm³/mol. The van der Waals surface area contributed by atoms with E-state index in [9.17, 15) is 0 Å². The molecular weight excluding hydrogens is 172 g/mol. The fraction of sp³-hybridized carbons (Fsp3) is 0.333. The van der Waals surface area contributed by atoms with Gasteiger partial charge in [-0.3, -0.25) is 9.98 Å². The van der Waals surface area contributed by atoms with Crippen LogP contribution >= 0.6 is 0 Å². The van der Waals surface area contributed by atoms with Gasteiger partial charge in [-0.15, -0.1) is 0 Å². The zero-order valence-corrected chi connectivity index (χ0v) is 8.99. The number of nitrogens with zero attached hydrogens (tertiary/aromatic N) is 2. The topological polar surface area (TPSA) is 24.7 Å². The van der Waals surface area contributed by atoms with Gasteiger partial charge >= 0.3 is 0 Å². The van der Waals surface area contributed by atoms with E-state index in [-0.39, 0.29) is 0 Å². The minimum Gasteiger partial charge on any atom is -0.296 e. The summed E-state index contributed by atoms with van der Waals surface area (Å²) in [6.07, 6.45) is 1.80. The summed E-state index contributed by atoms with van der Waals surface area (Å²) in [6, 6.07) is 6.21. The van der Waals surface area contributed by atoms with Crippen molar-refractivity contribution in [2.24, 2.45) is 9.98 Å². The molecule has 0 amide bonds. The van der Waals surface area contributed by atoms with Crippen LogP contribution in [0.1, 0.15) is 30.9 Å². The molecule has 14 heavy (non-hydrogen) atoms. The molecule has 0 aliphatic heterocycles. The molecule has 0 atom stereocenters. The molecule has 0 aliphatic rings. The minimum absolute atomic E-state index is 0.517. The van der Waals surface area contributed by atoms with Crippen LogP contribution in [-0.2, 0) is 0 Å². The van der Waals surface area contributed by atoms with Crippen LogP contribution in [0.25, 0.3) is 0 Å². The van der Waals surface area contributed by atoms with Gasteiger partial charge in [0.1, 0.15) is 0 Å². The monoisotopic (exact) mass is 188 g/mol. The van der Waals surface area contributed by atoms with Crippen molar-refractivity contribution in [3.05, 3.63) is 29.3 Å².